The first-order chi connectivity index (χ1) is 10.4. The van der Waals surface area contributed by atoms with Crippen LogP contribution in [0.1, 0.15) is 36.2 Å². The highest BCUT2D eigenvalue weighted by Gasteiger charge is 2.09. The van der Waals surface area contributed by atoms with Crippen LogP contribution in [-0.4, -0.2) is 16.9 Å². The molecule has 0 aliphatic carbocycles. The number of aryl methyl sites for hydroxylation is 2. The molecule has 0 atom stereocenters. The highest BCUT2D eigenvalue weighted by molar-refractivity contribution is 8.00. The van der Waals surface area contributed by atoms with Crippen LogP contribution in [0.4, 0.5) is 0 Å². The van der Waals surface area contributed by atoms with Gasteiger partial charge in [-0.1, -0.05) is 35.5 Å². The molecule has 0 unspecified atom stereocenters. The van der Waals surface area contributed by atoms with E-state index in [-0.39, 0.29) is 11.9 Å². The first kappa shape index (κ1) is 17.0. The van der Waals surface area contributed by atoms with Crippen molar-refractivity contribution in [3.63, 3.8) is 0 Å². The zero-order chi connectivity index (χ0) is 16.1. The Labute approximate surface area is 140 Å². The first-order valence-corrected chi connectivity index (χ1v) is 9.23. The standard InChI is InChI=1S/C17H22N2OS2/c1-11(2)18-16(20)8-15-10-22-17(19-15)21-9-14-7-12(3)5-6-13(14)4/h5-7,10-11H,8-9H2,1-4H3,(H,18,20). The van der Waals surface area contributed by atoms with Crippen molar-refractivity contribution in [3.05, 3.63) is 46.0 Å². The van der Waals surface area contributed by atoms with E-state index in [1.807, 2.05) is 19.2 Å². The molecular weight excluding hydrogens is 312 g/mol. The first-order valence-electron chi connectivity index (χ1n) is 7.36. The number of thioether (sulfide) groups is 1. The van der Waals surface area contributed by atoms with Crippen LogP contribution in [0.5, 0.6) is 0 Å². The van der Waals surface area contributed by atoms with Crippen molar-refractivity contribution >= 4 is 29.0 Å². The lowest BCUT2D eigenvalue weighted by atomic mass is 10.1. The van der Waals surface area contributed by atoms with Gasteiger partial charge in [0.05, 0.1) is 12.1 Å². The molecular formula is C17H22N2OS2. The van der Waals surface area contributed by atoms with Crippen molar-refractivity contribution in [2.75, 3.05) is 0 Å². The lowest BCUT2D eigenvalue weighted by molar-refractivity contribution is -0.120. The van der Waals surface area contributed by atoms with Gasteiger partial charge in [0.1, 0.15) is 4.34 Å². The minimum absolute atomic E-state index is 0.0337. The molecule has 0 aliphatic heterocycles. The van der Waals surface area contributed by atoms with Gasteiger partial charge in [0, 0.05) is 17.2 Å². The second kappa shape index (κ2) is 7.79. The molecule has 0 spiro atoms. The number of aromatic nitrogens is 1. The predicted octanol–water partition coefficient (Wildman–Crippen LogP) is 4.12. The topological polar surface area (TPSA) is 42.0 Å². The summed E-state index contributed by atoms with van der Waals surface area (Å²) in [7, 11) is 0. The van der Waals surface area contributed by atoms with E-state index in [0.29, 0.717) is 6.42 Å². The van der Waals surface area contributed by atoms with Gasteiger partial charge in [-0.2, -0.15) is 0 Å². The Bertz CT molecular complexity index is 650. The molecule has 22 heavy (non-hydrogen) atoms. The van der Waals surface area contributed by atoms with Gasteiger partial charge in [0.15, 0.2) is 0 Å². The molecule has 0 bridgehead atoms. The normalized spacial score (nSPS) is 11.0. The minimum atomic E-state index is 0.0337. The molecule has 3 nitrogen and oxygen atoms in total. The molecule has 0 aliphatic rings. The Kier molecular flexibility index (Phi) is 6.03. The summed E-state index contributed by atoms with van der Waals surface area (Å²) in [4.78, 5) is 16.3. The van der Waals surface area contributed by atoms with E-state index in [9.17, 15) is 4.79 Å². The Morgan fingerprint density at radius 2 is 2.14 bits per heavy atom. The fourth-order valence-electron chi connectivity index (χ4n) is 2.07. The molecule has 2 aromatic rings. The van der Waals surface area contributed by atoms with Gasteiger partial charge in [-0.3, -0.25) is 4.79 Å². The second-order valence-electron chi connectivity index (χ2n) is 5.72. The molecule has 1 amide bonds. The summed E-state index contributed by atoms with van der Waals surface area (Å²) in [6, 6.07) is 6.70. The van der Waals surface area contributed by atoms with Crippen molar-refractivity contribution in [2.24, 2.45) is 0 Å². The highest BCUT2D eigenvalue weighted by atomic mass is 32.2. The molecule has 2 rings (SSSR count). The van der Waals surface area contributed by atoms with Gasteiger partial charge in [0.2, 0.25) is 5.91 Å². The van der Waals surface area contributed by atoms with Crippen LogP contribution >= 0.6 is 23.1 Å². The van der Waals surface area contributed by atoms with Crippen molar-refractivity contribution in [1.82, 2.24) is 10.3 Å². The highest BCUT2D eigenvalue weighted by Crippen LogP contribution is 2.27. The smallest absolute Gasteiger partial charge is 0.226 e. The third-order valence-corrected chi connectivity index (χ3v) is 5.30. The maximum absolute atomic E-state index is 11.7. The number of benzene rings is 1. The van der Waals surface area contributed by atoms with Gasteiger partial charge in [-0.25, -0.2) is 4.98 Å². The fraction of sp³-hybridized carbons (Fsp3) is 0.412. The van der Waals surface area contributed by atoms with Gasteiger partial charge < -0.3 is 5.32 Å². The number of nitrogens with zero attached hydrogens (tertiary/aromatic N) is 1. The van der Waals surface area contributed by atoms with E-state index in [1.54, 1.807) is 23.1 Å². The van der Waals surface area contributed by atoms with E-state index in [0.717, 1.165) is 15.8 Å². The van der Waals surface area contributed by atoms with E-state index < -0.39 is 0 Å². The molecule has 1 aromatic carbocycles. The lowest BCUT2D eigenvalue weighted by Crippen LogP contribution is -2.31. The molecule has 1 heterocycles. The number of thiazole rings is 1. The summed E-state index contributed by atoms with van der Waals surface area (Å²) in [5.74, 6) is 0.949. The number of carbonyl (C=O) groups excluding carboxylic acids is 1. The van der Waals surface area contributed by atoms with Gasteiger partial charge in [0.25, 0.3) is 0 Å². The zero-order valence-corrected chi connectivity index (χ0v) is 15.1. The number of nitrogens with one attached hydrogen (secondary N) is 1. The molecule has 0 saturated heterocycles. The van der Waals surface area contributed by atoms with E-state index in [2.05, 4.69) is 42.3 Å². The van der Waals surface area contributed by atoms with Crippen molar-refractivity contribution in [2.45, 2.75) is 50.3 Å². The molecule has 0 radical (unpaired) electrons. The summed E-state index contributed by atoms with van der Waals surface area (Å²) in [6.07, 6.45) is 0.360. The van der Waals surface area contributed by atoms with Crippen LogP contribution in [0, 0.1) is 13.8 Å². The maximum atomic E-state index is 11.7. The molecule has 5 heteroatoms. The molecule has 0 fully saturated rings. The fourth-order valence-corrected chi connectivity index (χ4v) is 3.98. The SMILES string of the molecule is Cc1ccc(C)c(CSc2nc(CC(=O)NC(C)C)cs2)c1. The Balaban J connectivity index is 1.92. The summed E-state index contributed by atoms with van der Waals surface area (Å²) >= 11 is 3.35. The number of hydrogen-bond acceptors (Lipinski definition) is 4. The van der Waals surface area contributed by atoms with E-state index in [1.165, 1.54) is 16.7 Å². The predicted molar refractivity (Wildman–Crippen MR) is 94.6 cm³/mol. The number of amides is 1. The molecule has 0 saturated carbocycles. The Morgan fingerprint density at radius 1 is 1.36 bits per heavy atom. The summed E-state index contributed by atoms with van der Waals surface area (Å²) in [5, 5.41) is 4.87. The molecule has 1 N–H and O–H groups in total. The van der Waals surface area contributed by atoms with Crippen molar-refractivity contribution in [1.29, 1.82) is 0 Å². The monoisotopic (exact) mass is 334 g/mol. The Hall–Kier alpha value is -1.33. The van der Waals surface area contributed by atoms with Crippen LogP contribution in [0.2, 0.25) is 0 Å². The van der Waals surface area contributed by atoms with E-state index in [4.69, 9.17) is 0 Å². The van der Waals surface area contributed by atoms with Gasteiger partial charge >= 0.3 is 0 Å². The average molecular weight is 335 g/mol. The number of hydrogen-bond donors (Lipinski definition) is 1. The third kappa shape index (κ3) is 5.14. The van der Waals surface area contributed by atoms with Crippen LogP contribution in [0.25, 0.3) is 0 Å². The van der Waals surface area contributed by atoms with Crippen LogP contribution in [-0.2, 0) is 17.0 Å². The number of carbonyl (C=O) groups is 1. The Morgan fingerprint density at radius 3 is 2.86 bits per heavy atom. The lowest BCUT2D eigenvalue weighted by Gasteiger charge is -2.06. The quantitative estimate of drug-likeness (QED) is 0.808. The van der Waals surface area contributed by atoms with Crippen LogP contribution < -0.4 is 5.32 Å². The van der Waals surface area contributed by atoms with Crippen LogP contribution in [0.15, 0.2) is 27.9 Å². The summed E-state index contributed by atoms with van der Waals surface area (Å²) < 4.78 is 1.02. The summed E-state index contributed by atoms with van der Waals surface area (Å²) in [5.41, 5.74) is 4.79. The summed E-state index contributed by atoms with van der Waals surface area (Å²) in [6.45, 7) is 8.18. The zero-order valence-electron chi connectivity index (χ0n) is 13.5. The second-order valence-corrected chi connectivity index (χ2v) is 7.80. The average Bonchev–Trinajstić information content (AvgIpc) is 2.86. The third-order valence-electron chi connectivity index (χ3n) is 3.18. The molecule has 1 aromatic heterocycles. The largest absolute Gasteiger partial charge is 0.354 e. The van der Waals surface area contributed by atoms with Gasteiger partial charge in [-0.15, -0.1) is 11.3 Å². The minimum Gasteiger partial charge on any atom is -0.354 e. The van der Waals surface area contributed by atoms with Crippen molar-refractivity contribution in [3.8, 4) is 0 Å². The van der Waals surface area contributed by atoms with Gasteiger partial charge in [-0.05, 0) is 38.8 Å². The van der Waals surface area contributed by atoms with Crippen LogP contribution in [0.3, 0.4) is 0 Å². The van der Waals surface area contributed by atoms with E-state index >= 15 is 0 Å². The van der Waals surface area contributed by atoms with Crippen molar-refractivity contribution < 1.29 is 4.79 Å². The molecule has 118 valence electrons. The number of rotatable bonds is 6. The maximum Gasteiger partial charge on any atom is 0.226 e.